The molecule has 5 nitrogen and oxygen atoms in total. The summed E-state index contributed by atoms with van der Waals surface area (Å²) in [5.74, 6) is -0.509. The first-order chi connectivity index (χ1) is 8.15. The van der Waals surface area contributed by atoms with E-state index in [0.29, 0.717) is 11.3 Å². The maximum absolute atomic E-state index is 11.1. The van der Waals surface area contributed by atoms with Gasteiger partial charge in [0, 0.05) is 31.6 Å². The topological polar surface area (TPSA) is 90.4 Å². The molecule has 5 N–H and O–H groups in total. The number of unbranched alkanes of at least 4 members (excludes halogenated alkanes) is 1. The number of amides is 1. The van der Waals surface area contributed by atoms with Crippen LogP contribution in [0.3, 0.4) is 0 Å². The number of nitrogens with two attached hydrogens (primary N) is 2. The number of carbonyl (C=O) groups excluding carboxylic acids is 1. The van der Waals surface area contributed by atoms with Gasteiger partial charge in [-0.3, -0.25) is 4.79 Å². The molecule has 5 heteroatoms. The van der Waals surface area contributed by atoms with Crippen LogP contribution in [0.5, 0.6) is 0 Å². The summed E-state index contributed by atoms with van der Waals surface area (Å²) in [6.45, 7) is 1.58. The minimum atomic E-state index is -0.509. The average Bonchev–Trinajstić information content (AvgIpc) is 2.30. The third kappa shape index (κ3) is 4.32. The second-order valence-corrected chi connectivity index (χ2v) is 3.79. The van der Waals surface area contributed by atoms with Gasteiger partial charge in [0.2, 0.25) is 0 Å². The number of methoxy groups -OCH3 is 1. The number of hydrogen-bond donors (Lipinski definition) is 3. The first-order valence-corrected chi connectivity index (χ1v) is 5.57. The molecule has 94 valence electrons. The van der Waals surface area contributed by atoms with Crippen molar-refractivity contribution < 1.29 is 9.53 Å². The first-order valence-electron chi connectivity index (χ1n) is 5.57. The lowest BCUT2D eigenvalue weighted by Gasteiger charge is -2.08. The monoisotopic (exact) mass is 237 g/mol. The molecule has 0 spiro atoms. The van der Waals surface area contributed by atoms with E-state index < -0.39 is 5.91 Å². The van der Waals surface area contributed by atoms with Crippen molar-refractivity contribution in [3.05, 3.63) is 23.8 Å². The molecule has 0 unspecified atom stereocenters. The molecule has 17 heavy (non-hydrogen) atoms. The summed E-state index contributed by atoms with van der Waals surface area (Å²) < 4.78 is 4.95. The standard InChI is InChI=1S/C12H19N3O2/c1-17-7-3-2-6-15-9-4-5-11(13)10(8-9)12(14)16/h4-5,8,15H,2-3,6-7,13H2,1H3,(H2,14,16). The molecule has 0 aromatic heterocycles. The molecular formula is C12H19N3O2. The van der Waals surface area contributed by atoms with Crippen LogP contribution in [0.4, 0.5) is 11.4 Å². The van der Waals surface area contributed by atoms with Crippen LogP contribution in [0.25, 0.3) is 0 Å². The molecule has 0 atom stereocenters. The third-order valence-electron chi connectivity index (χ3n) is 2.42. The van der Waals surface area contributed by atoms with Crippen LogP contribution in [0, 0.1) is 0 Å². The largest absolute Gasteiger partial charge is 0.398 e. The maximum atomic E-state index is 11.1. The van der Waals surface area contributed by atoms with Gasteiger partial charge in [0.25, 0.3) is 5.91 Å². The van der Waals surface area contributed by atoms with Crippen LogP contribution < -0.4 is 16.8 Å². The number of anilines is 2. The van der Waals surface area contributed by atoms with Gasteiger partial charge in [-0.1, -0.05) is 0 Å². The Hall–Kier alpha value is -1.75. The lowest BCUT2D eigenvalue weighted by Crippen LogP contribution is -2.14. The summed E-state index contributed by atoms with van der Waals surface area (Å²) in [6.07, 6.45) is 2.01. The Morgan fingerprint density at radius 2 is 2.18 bits per heavy atom. The van der Waals surface area contributed by atoms with E-state index in [1.807, 2.05) is 6.07 Å². The number of rotatable bonds is 7. The molecule has 0 bridgehead atoms. The van der Waals surface area contributed by atoms with Crippen LogP contribution in [0.2, 0.25) is 0 Å². The third-order valence-corrected chi connectivity index (χ3v) is 2.42. The Labute approximate surface area is 101 Å². The number of ether oxygens (including phenoxy) is 1. The quantitative estimate of drug-likeness (QED) is 0.491. The average molecular weight is 237 g/mol. The van der Waals surface area contributed by atoms with Crippen molar-refractivity contribution in [1.29, 1.82) is 0 Å². The summed E-state index contributed by atoms with van der Waals surface area (Å²) >= 11 is 0. The number of primary amides is 1. The Morgan fingerprint density at radius 3 is 2.82 bits per heavy atom. The molecule has 0 saturated carbocycles. The van der Waals surface area contributed by atoms with Gasteiger partial charge in [-0.05, 0) is 31.0 Å². The van der Waals surface area contributed by atoms with E-state index in [2.05, 4.69) is 5.32 Å². The molecule has 1 amide bonds. The lowest BCUT2D eigenvalue weighted by molar-refractivity contribution is 0.100. The first kappa shape index (κ1) is 13.3. The van der Waals surface area contributed by atoms with Crippen LogP contribution in [-0.2, 0) is 4.74 Å². The molecule has 0 aliphatic heterocycles. The highest BCUT2D eigenvalue weighted by Crippen LogP contribution is 2.17. The molecule has 0 radical (unpaired) electrons. The molecular weight excluding hydrogens is 218 g/mol. The Kier molecular flexibility index (Phi) is 5.29. The van der Waals surface area contributed by atoms with Gasteiger partial charge in [0.15, 0.2) is 0 Å². The van der Waals surface area contributed by atoms with Gasteiger partial charge < -0.3 is 21.5 Å². The minimum absolute atomic E-state index is 0.354. The number of nitrogen functional groups attached to an aromatic ring is 1. The number of nitrogens with one attached hydrogen (secondary N) is 1. The normalized spacial score (nSPS) is 10.2. The van der Waals surface area contributed by atoms with Gasteiger partial charge in [-0.25, -0.2) is 0 Å². The number of hydrogen-bond acceptors (Lipinski definition) is 4. The van der Waals surface area contributed by atoms with E-state index in [4.69, 9.17) is 16.2 Å². The van der Waals surface area contributed by atoms with E-state index in [-0.39, 0.29) is 0 Å². The number of carbonyl (C=O) groups is 1. The van der Waals surface area contributed by atoms with Gasteiger partial charge in [0.05, 0.1) is 5.56 Å². The van der Waals surface area contributed by atoms with Crippen molar-refractivity contribution in [2.24, 2.45) is 5.73 Å². The SMILES string of the molecule is COCCCCNc1ccc(N)c(C(N)=O)c1. The maximum Gasteiger partial charge on any atom is 0.250 e. The van der Waals surface area contributed by atoms with Crippen LogP contribution >= 0.6 is 0 Å². The summed E-state index contributed by atoms with van der Waals surface area (Å²) in [4.78, 5) is 11.1. The van der Waals surface area contributed by atoms with Gasteiger partial charge in [-0.2, -0.15) is 0 Å². The van der Waals surface area contributed by atoms with E-state index in [1.54, 1.807) is 19.2 Å². The summed E-state index contributed by atoms with van der Waals surface area (Å²) in [7, 11) is 1.69. The van der Waals surface area contributed by atoms with Crippen LogP contribution in [0.1, 0.15) is 23.2 Å². The van der Waals surface area contributed by atoms with E-state index >= 15 is 0 Å². The Bertz CT molecular complexity index is 380. The fourth-order valence-corrected chi connectivity index (χ4v) is 1.48. The fraction of sp³-hybridized carbons (Fsp3) is 0.417. The highest BCUT2D eigenvalue weighted by molar-refractivity contribution is 5.98. The van der Waals surface area contributed by atoms with Crippen molar-refractivity contribution in [2.45, 2.75) is 12.8 Å². The van der Waals surface area contributed by atoms with E-state index in [9.17, 15) is 4.79 Å². The summed E-state index contributed by atoms with van der Waals surface area (Å²) in [5.41, 5.74) is 12.5. The fourth-order valence-electron chi connectivity index (χ4n) is 1.48. The molecule has 0 fully saturated rings. The zero-order chi connectivity index (χ0) is 12.7. The molecule has 0 aliphatic carbocycles. The van der Waals surface area contributed by atoms with Crippen LogP contribution in [-0.4, -0.2) is 26.2 Å². The van der Waals surface area contributed by atoms with E-state index in [1.165, 1.54) is 0 Å². The molecule has 1 aromatic carbocycles. The van der Waals surface area contributed by atoms with Gasteiger partial charge in [0.1, 0.15) is 0 Å². The molecule has 1 aromatic rings. The molecule has 0 saturated heterocycles. The zero-order valence-corrected chi connectivity index (χ0v) is 10.0. The smallest absolute Gasteiger partial charge is 0.250 e. The Balaban J connectivity index is 2.49. The highest BCUT2D eigenvalue weighted by atomic mass is 16.5. The second kappa shape index (κ2) is 6.75. The summed E-state index contributed by atoms with van der Waals surface area (Å²) in [5, 5.41) is 3.21. The van der Waals surface area contributed by atoms with Crippen molar-refractivity contribution in [3.63, 3.8) is 0 Å². The second-order valence-electron chi connectivity index (χ2n) is 3.79. The minimum Gasteiger partial charge on any atom is -0.398 e. The zero-order valence-electron chi connectivity index (χ0n) is 10.0. The molecule has 1 rings (SSSR count). The van der Waals surface area contributed by atoms with Crippen molar-refractivity contribution in [1.82, 2.24) is 0 Å². The molecule has 0 heterocycles. The number of benzene rings is 1. The van der Waals surface area contributed by atoms with Crippen molar-refractivity contribution in [2.75, 3.05) is 31.3 Å². The van der Waals surface area contributed by atoms with Gasteiger partial charge >= 0.3 is 0 Å². The molecule has 0 aliphatic rings. The summed E-state index contributed by atoms with van der Waals surface area (Å²) in [6, 6.07) is 5.18. The predicted molar refractivity (Wildman–Crippen MR) is 69.0 cm³/mol. The predicted octanol–water partition coefficient (Wildman–Crippen LogP) is 1.21. The Morgan fingerprint density at radius 1 is 1.41 bits per heavy atom. The lowest BCUT2D eigenvalue weighted by atomic mass is 10.1. The van der Waals surface area contributed by atoms with E-state index in [0.717, 1.165) is 31.7 Å². The van der Waals surface area contributed by atoms with Crippen molar-refractivity contribution >= 4 is 17.3 Å². The van der Waals surface area contributed by atoms with Gasteiger partial charge in [-0.15, -0.1) is 0 Å². The van der Waals surface area contributed by atoms with Crippen molar-refractivity contribution in [3.8, 4) is 0 Å². The van der Waals surface area contributed by atoms with Crippen LogP contribution in [0.15, 0.2) is 18.2 Å². The highest BCUT2D eigenvalue weighted by Gasteiger charge is 2.06.